The van der Waals surface area contributed by atoms with E-state index in [0.29, 0.717) is 38.6 Å². The summed E-state index contributed by atoms with van der Waals surface area (Å²) in [6.45, 7) is 4.46. The van der Waals surface area contributed by atoms with Gasteiger partial charge >= 0.3 is 0 Å². The fourth-order valence-corrected chi connectivity index (χ4v) is 0.876. The molecule has 0 aromatic rings. The molecule has 0 saturated carbocycles. The van der Waals surface area contributed by atoms with E-state index in [0.717, 1.165) is 13.2 Å². The maximum absolute atomic E-state index is 5.27. The third-order valence-corrected chi connectivity index (χ3v) is 1.78. The SMILES string of the molecule is C(COC[C@@H]1CO1)OC[C@@H]1CO1. The Morgan fingerprint density at radius 3 is 1.67 bits per heavy atom. The van der Waals surface area contributed by atoms with Crippen molar-refractivity contribution in [3.05, 3.63) is 0 Å². The minimum atomic E-state index is 0.358. The van der Waals surface area contributed by atoms with Gasteiger partial charge in [0.2, 0.25) is 0 Å². The summed E-state index contributed by atoms with van der Waals surface area (Å²) >= 11 is 0. The predicted octanol–water partition coefficient (Wildman–Crippen LogP) is -0.183. The Kier molecular flexibility index (Phi) is 2.94. The Morgan fingerprint density at radius 2 is 1.33 bits per heavy atom. The Labute approximate surface area is 71.7 Å². The molecule has 0 radical (unpaired) electrons. The van der Waals surface area contributed by atoms with Gasteiger partial charge in [0, 0.05) is 0 Å². The van der Waals surface area contributed by atoms with Gasteiger partial charge in [0.25, 0.3) is 0 Å². The van der Waals surface area contributed by atoms with Crippen LogP contribution in [-0.2, 0) is 18.9 Å². The van der Waals surface area contributed by atoms with Gasteiger partial charge in [0.05, 0.1) is 39.6 Å². The van der Waals surface area contributed by atoms with Gasteiger partial charge in [-0.15, -0.1) is 0 Å². The monoisotopic (exact) mass is 174 g/mol. The van der Waals surface area contributed by atoms with Crippen LogP contribution in [0.1, 0.15) is 0 Å². The summed E-state index contributed by atoms with van der Waals surface area (Å²) in [6.07, 6.45) is 0.716. The number of hydrogen-bond donors (Lipinski definition) is 0. The van der Waals surface area contributed by atoms with E-state index in [1.54, 1.807) is 0 Å². The first-order chi connectivity index (χ1) is 5.95. The first-order valence-electron chi connectivity index (χ1n) is 4.34. The van der Waals surface area contributed by atoms with Gasteiger partial charge < -0.3 is 18.9 Å². The molecule has 0 aromatic heterocycles. The van der Waals surface area contributed by atoms with Gasteiger partial charge in [-0.05, 0) is 0 Å². The van der Waals surface area contributed by atoms with Gasteiger partial charge in [0.15, 0.2) is 0 Å². The quantitative estimate of drug-likeness (QED) is 0.396. The van der Waals surface area contributed by atoms with E-state index in [-0.39, 0.29) is 0 Å². The van der Waals surface area contributed by atoms with Crippen LogP contribution in [0.4, 0.5) is 0 Å². The molecule has 2 aliphatic heterocycles. The first-order valence-corrected chi connectivity index (χ1v) is 4.34. The lowest BCUT2D eigenvalue weighted by atomic mass is 10.5. The van der Waals surface area contributed by atoms with E-state index >= 15 is 0 Å². The van der Waals surface area contributed by atoms with Crippen molar-refractivity contribution in [1.82, 2.24) is 0 Å². The molecule has 70 valence electrons. The Bertz CT molecular complexity index is 115. The number of hydrogen-bond acceptors (Lipinski definition) is 4. The molecule has 0 bridgehead atoms. The van der Waals surface area contributed by atoms with Crippen LogP contribution in [0.25, 0.3) is 0 Å². The molecule has 0 aliphatic carbocycles. The lowest BCUT2D eigenvalue weighted by Gasteiger charge is -2.02. The second kappa shape index (κ2) is 4.18. The Balaban J connectivity index is 1.31. The smallest absolute Gasteiger partial charge is 0.104 e. The van der Waals surface area contributed by atoms with Crippen LogP contribution in [-0.4, -0.2) is 51.8 Å². The molecule has 2 saturated heterocycles. The van der Waals surface area contributed by atoms with Crippen molar-refractivity contribution >= 4 is 0 Å². The zero-order valence-electron chi connectivity index (χ0n) is 7.03. The molecule has 2 aliphatic rings. The molecule has 2 atom stereocenters. The zero-order chi connectivity index (χ0) is 8.23. The molecule has 0 N–H and O–H groups in total. The van der Waals surface area contributed by atoms with E-state index < -0.39 is 0 Å². The van der Waals surface area contributed by atoms with Crippen molar-refractivity contribution in [2.24, 2.45) is 0 Å². The van der Waals surface area contributed by atoms with Crippen LogP contribution in [0.15, 0.2) is 0 Å². The van der Waals surface area contributed by atoms with Crippen LogP contribution in [0.2, 0.25) is 0 Å². The average molecular weight is 174 g/mol. The fraction of sp³-hybridized carbons (Fsp3) is 1.00. The molecular weight excluding hydrogens is 160 g/mol. The normalized spacial score (nSPS) is 32.0. The second-order valence-electron chi connectivity index (χ2n) is 3.06. The largest absolute Gasteiger partial charge is 0.376 e. The summed E-state index contributed by atoms with van der Waals surface area (Å²) in [7, 11) is 0. The zero-order valence-corrected chi connectivity index (χ0v) is 7.03. The minimum absolute atomic E-state index is 0.358. The maximum Gasteiger partial charge on any atom is 0.104 e. The highest BCUT2D eigenvalue weighted by Crippen LogP contribution is 2.09. The van der Waals surface area contributed by atoms with E-state index in [4.69, 9.17) is 18.9 Å². The molecule has 4 heteroatoms. The molecule has 12 heavy (non-hydrogen) atoms. The summed E-state index contributed by atoms with van der Waals surface area (Å²) < 4.78 is 20.5. The van der Waals surface area contributed by atoms with E-state index in [1.165, 1.54) is 0 Å². The second-order valence-corrected chi connectivity index (χ2v) is 3.06. The van der Waals surface area contributed by atoms with Gasteiger partial charge in [-0.25, -0.2) is 0 Å². The summed E-state index contributed by atoms with van der Waals surface area (Å²) in [4.78, 5) is 0. The standard InChI is InChI=1S/C8H14O4/c1(9-3-7-5-11-7)2-10-4-8-6-12-8/h7-8H,1-6H2/t7-,8-/m1/s1. The predicted molar refractivity (Wildman–Crippen MR) is 41.1 cm³/mol. The van der Waals surface area contributed by atoms with Crippen molar-refractivity contribution in [3.63, 3.8) is 0 Å². The van der Waals surface area contributed by atoms with Crippen molar-refractivity contribution in [1.29, 1.82) is 0 Å². The number of ether oxygens (including phenoxy) is 4. The van der Waals surface area contributed by atoms with Crippen LogP contribution >= 0.6 is 0 Å². The molecule has 2 fully saturated rings. The van der Waals surface area contributed by atoms with Gasteiger partial charge in [0.1, 0.15) is 12.2 Å². The van der Waals surface area contributed by atoms with Crippen LogP contribution in [0.3, 0.4) is 0 Å². The molecule has 0 unspecified atom stereocenters. The summed E-state index contributed by atoms with van der Waals surface area (Å²) in [5.41, 5.74) is 0. The number of epoxide rings is 2. The third kappa shape index (κ3) is 3.49. The van der Waals surface area contributed by atoms with Crippen molar-refractivity contribution in [2.75, 3.05) is 39.6 Å². The van der Waals surface area contributed by atoms with Crippen LogP contribution < -0.4 is 0 Å². The molecule has 0 aromatic carbocycles. The lowest BCUT2D eigenvalue weighted by Crippen LogP contribution is -2.10. The maximum atomic E-state index is 5.27. The van der Waals surface area contributed by atoms with Crippen LogP contribution in [0, 0.1) is 0 Å². The first kappa shape index (κ1) is 8.44. The highest BCUT2D eigenvalue weighted by Gasteiger charge is 2.23. The molecule has 4 nitrogen and oxygen atoms in total. The summed E-state index contributed by atoms with van der Waals surface area (Å²) in [5.74, 6) is 0. The molecule has 0 amide bonds. The summed E-state index contributed by atoms with van der Waals surface area (Å²) in [5, 5.41) is 0. The van der Waals surface area contributed by atoms with E-state index in [9.17, 15) is 0 Å². The highest BCUT2D eigenvalue weighted by molar-refractivity contribution is 4.68. The fourth-order valence-electron chi connectivity index (χ4n) is 0.876. The Morgan fingerprint density at radius 1 is 0.917 bits per heavy atom. The van der Waals surface area contributed by atoms with Gasteiger partial charge in [-0.1, -0.05) is 0 Å². The lowest BCUT2D eigenvalue weighted by molar-refractivity contribution is 0.0366. The summed E-state index contributed by atoms with van der Waals surface area (Å²) in [6, 6.07) is 0. The molecule has 2 heterocycles. The minimum Gasteiger partial charge on any atom is -0.376 e. The molecule has 2 rings (SSSR count). The Hall–Kier alpha value is -0.160. The number of rotatable bonds is 7. The van der Waals surface area contributed by atoms with E-state index in [2.05, 4.69) is 0 Å². The highest BCUT2D eigenvalue weighted by atomic mass is 16.6. The van der Waals surface area contributed by atoms with E-state index in [1.807, 2.05) is 0 Å². The van der Waals surface area contributed by atoms with Crippen molar-refractivity contribution in [2.45, 2.75) is 12.2 Å². The molecular formula is C8H14O4. The van der Waals surface area contributed by atoms with Crippen LogP contribution in [0.5, 0.6) is 0 Å². The van der Waals surface area contributed by atoms with Gasteiger partial charge in [-0.2, -0.15) is 0 Å². The van der Waals surface area contributed by atoms with Crippen molar-refractivity contribution < 1.29 is 18.9 Å². The third-order valence-electron chi connectivity index (χ3n) is 1.78. The average Bonchev–Trinajstić information content (AvgIpc) is 2.89. The van der Waals surface area contributed by atoms with Gasteiger partial charge in [-0.3, -0.25) is 0 Å². The molecule has 0 spiro atoms. The topological polar surface area (TPSA) is 43.5 Å². The van der Waals surface area contributed by atoms with Crippen molar-refractivity contribution in [3.8, 4) is 0 Å².